The minimum Gasteiger partial charge on any atom is -0.465 e. The number of esters is 2. The van der Waals surface area contributed by atoms with Crippen LogP contribution in [0.3, 0.4) is 0 Å². The Labute approximate surface area is 137 Å². The second-order valence-electron chi connectivity index (χ2n) is 6.88. The van der Waals surface area contributed by atoms with Crippen molar-refractivity contribution in [3.63, 3.8) is 0 Å². The van der Waals surface area contributed by atoms with E-state index in [0.29, 0.717) is 6.42 Å². The normalized spacial score (nSPS) is 33.9. The number of fused-ring (bicyclic) bond motifs is 3. The lowest BCUT2D eigenvalue weighted by Crippen LogP contribution is -2.58. The Bertz CT molecular complexity index is 544. The quantitative estimate of drug-likeness (QED) is 0.453. The monoisotopic (exact) mass is 318 g/mol. The van der Waals surface area contributed by atoms with Crippen molar-refractivity contribution in [1.82, 2.24) is 0 Å². The van der Waals surface area contributed by atoms with Crippen molar-refractivity contribution >= 4 is 11.9 Å². The number of rotatable bonds is 4. The third-order valence-corrected chi connectivity index (χ3v) is 6.12. The Kier molecular flexibility index (Phi) is 4.11. The third kappa shape index (κ3) is 1.96. The van der Waals surface area contributed by atoms with Crippen molar-refractivity contribution in [2.45, 2.75) is 46.0 Å². The first-order valence-corrected chi connectivity index (χ1v) is 8.76. The van der Waals surface area contributed by atoms with Crippen LogP contribution < -0.4 is 0 Å². The van der Waals surface area contributed by atoms with Crippen LogP contribution in [-0.2, 0) is 19.1 Å². The van der Waals surface area contributed by atoms with Gasteiger partial charge < -0.3 is 9.47 Å². The molecule has 0 aromatic carbocycles. The van der Waals surface area contributed by atoms with Crippen LogP contribution in [0.15, 0.2) is 24.3 Å². The predicted octanol–water partition coefficient (Wildman–Crippen LogP) is 3.42. The molecular weight excluding hydrogens is 292 g/mol. The Morgan fingerprint density at radius 1 is 1.13 bits per heavy atom. The summed E-state index contributed by atoms with van der Waals surface area (Å²) in [6, 6.07) is 0. The van der Waals surface area contributed by atoms with Crippen LogP contribution in [0.4, 0.5) is 0 Å². The molecule has 126 valence electrons. The molecule has 3 aliphatic rings. The number of hydrogen-bond donors (Lipinski definition) is 0. The summed E-state index contributed by atoms with van der Waals surface area (Å²) in [5, 5.41) is 0. The molecule has 3 atom stereocenters. The van der Waals surface area contributed by atoms with E-state index in [1.807, 2.05) is 0 Å². The van der Waals surface area contributed by atoms with Gasteiger partial charge in [-0.2, -0.15) is 0 Å². The van der Waals surface area contributed by atoms with Crippen molar-refractivity contribution in [2.24, 2.45) is 22.7 Å². The van der Waals surface area contributed by atoms with Crippen LogP contribution in [0.2, 0.25) is 0 Å². The standard InChI is InChI=1S/C19H26O4/c1-4-22-16(20)19(17(21)23-5-2)11-7-6-10-18(19)13(3)14-8-9-15(18)12-14/h8-9,14-15H,3-7,10-12H2,1-2H3/t14-,15+,18+/m0/s1. The van der Waals surface area contributed by atoms with Crippen molar-refractivity contribution in [2.75, 3.05) is 13.2 Å². The maximum atomic E-state index is 13.0. The first-order valence-electron chi connectivity index (χ1n) is 8.76. The molecule has 0 aliphatic heterocycles. The number of carbonyl (C=O) groups excluding carboxylic acids is 2. The Morgan fingerprint density at radius 3 is 2.26 bits per heavy atom. The second kappa shape index (κ2) is 5.81. The Morgan fingerprint density at radius 2 is 1.74 bits per heavy atom. The van der Waals surface area contributed by atoms with Gasteiger partial charge in [-0.15, -0.1) is 0 Å². The second-order valence-corrected chi connectivity index (χ2v) is 6.88. The molecule has 23 heavy (non-hydrogen) atoms. The van der Waals surface area contributed by atoms with Crippen molar-refractivity contribution in [3.05, 3.63) is 24.3 Å². The lowest BCUT2D eigenvalue weighted by atomic mass is 9.49. The van der Waals surface area contributed by atoms with Gasteiger partial charge in [-0.05, 0) is 44.9 Å². The molecule has 0 unspecified atom stereocenters. The summed E-state index contributed by atoms with van der Waals surface area (Å²) in [5.41, 5.74) is -0.715. The average Bonchev–Trinajstić information content (AvgIpc) is 3.12. The molecule has 4 heteroatoms. The molecule has 1 spiro atoms. The van der Waals surface area contributed by atoms with Crippen LogP contribution in [0.1, 0.15) is 46.0 Å². The maximum Gasteiger partial charge on any atom is 0.324 e. The SMILES string of the molecule is C=C1[C@H]2C=C[C@H](C2)[C@@]12CCCCC2(C(=O)OCC)C(=O)OCC. The lowest BCUT2D eigenvalue weighted by molar-refractivity contribution is -0.187. The lowest BCUT2D eigenvalue weighted by Gasteiger charge is -2.52. The molecule has 4 nitrogen and oxygen atoms in total. The van der Waals surface area contributed by atoms with Gasteiger partial charge in [0.15, 0.2) is 5.41 Å². The molecule has 0 heterocycles. The van der Waals surface area contributed by atoms with Gasteiger partial charge in [-0.1, -0.05) is 37.1 Å². The summed E-state index contributed by atoms with van der Waals surface area (Å²) in [5.74, 6) is -0.365. The summed E-state index contributed by atoms with van der Waals surface area (Å²) in [6.45, 7) is 8.43. The van der Waals surface area contributed by atoms with Crippen LogP contribution in [0.25, 0.3) is 0 Å². The van der Waals surface area contributed by atoms with Crippen molar-refractivity contribution in [1.29, 1.82) is 0 Å². The first kappa shape index (κ1) is 16.3. The van der Waals surface area contributed by atoms with Crippen LogP contribution in [0, 0.1) is 22.7 Å². The minimum atomic E-state index is -1.22. The average molecular weight is 318 g/mol. The zero-order valence-electron chi connectivity index (χ0n) is 14.1. The smallest absolute Gasteiger partial charge is 0.324 e. The van der Waals surface area contributed by atoms with E-state index in [9.17, 15) is 9.59 Å². The molecule has 0 aromatic heterocycles. The zero-order valence-corrected chi connectivity index (χ0v) is 14.1. The van der Waals surface area contributed by atoms with E-state index in [2.05, 4.69) is 18.7 Å². The van der Waals surface area contributed by atoms with Gasteiger partial charge in [0.2, 0.25) is 0 Å². The van der Waals surface area contributed by atoms with Gasteiger partial charge in [0, 0.05) is 5.41 Å². The highest BCUT2D eigenvalue weighted by molar-refractivity contribution is 6.02. The summed E-state index contributed by atoms with van der Waals surface area (Å²) in [7, 11) is 0. The van der Waals surface area contributed by atoms with Gasteiger partial charge in [0.05, 0.1) is 13.2 Å². The van der Waals surface area contributed by atoms with E-state index in [4.69, 9.17) is 9.47 Å². The van der Waals surface area contributed by atoms with E-state index >= 15 is 0 Å². The molecule has 0 aromatic rings. The molecular formula is C19H26O4. The van der Waals surface area contributed by atoms with Crippen molar-refractivity contribution in [3.8, 4) is 0 Å². The van der Waals surface area contributed by atoms with E-state index < -0.39 is 22.8 Å². The maximum absolute atomic E-state index is 13.0. The van der Waals surface area contributed by atoms with E-state index in [1.54, 1.807) is 13.8 Å². The zero-order chi connectivity index (χ0) is 16.7. The van der Waals surface area contributed by atoms with E-state index in [1.165, 1.54) is 0 Å². The topological polar surface area (TPSA) is 52.6 Å². The highest BCUT2D eigenvalue weighted by atomic mass is 16.6. The number of allylic oxidation sites excluding steroid dienone is 3. The molecule has 0 radical (unpaired) electrons. The summed E-state index contributed by atoms with van der Waals surface area (Å²) in [4.78, 5) is 26.1. The molecule has 2 bridgehead atoms. The van der Waals surface area contributed by atoms with Crippen LogP contribution in [-0.4, -0.2) is 25.2 Å². The van der Waals surface area contributed by atoms with Crippen LogP contribution >= 0.6 is 0 Å². The third-order valence-electron chi connectivity index (χ3n) is 6.12. The van der Waals surface area contributed by atoms with Gasteiger partial charge in [-0.3, -0.25) is 9.59 Å². The number of carbonyl (C=O) groups is 2. The fraction of sp³-hybridized carbons (Fsp3) is 0.684. The fourth-order valence-electron chi connectivity index (χ4n) is 5.22. The summed E-state index contributed by atoms with van der Waals surface area (Å²) >= 11 is 0. The largest absolute Gasteiger partial charge is 0.465 e. The van der Waals surface area contributed by atoms with E-state index in [0.717, 1.165) is 31.3 Å². The molecule has 0 saturated heterocycles. The van der Waals surface area contributed by atoms with Crippen molar-refractivity contribution < 1.29 is 19.1 Å². The molecule has 3 aliphatic carbocycles. The molecule has 2 saturated carbocycles. The summed E-state index contributed by atoms with van der Waals surface area (Å²) in [6.07, 6.45) is 8.48. The predicted molar refractivity (Wildman–Crippen MR) is 86.5 cm³/mol. The minimum absolute atomic E-state index is 0.189. The Hall–Kier alpha value is -1.58. The molecule has 0 amide bonds. The fourth-order valence-corrected chi connectivity index (χ4v) is 5.22. The van der Waals surface area contributed by atoms with Gasteiger partial charge >= 0.3 is 11.9 Å². The van der Waals surface area contributed by atoms with Gasteiger partial charge in [-0.25, -0.2) is 0 Å². The summed E-state index contributed by atoms with van der Waals surface area (Å²) < 4.78 is 10.8. The highest BCUT2D eigenvalue weighted by Gasteiger charge is 2.71. The van der Waals surface area contributed by atoms with Gasteiger partial charge in [0.1, 0.15) is 0 Å². The number of ether oxygens (including phenoxy) is 2. The number of hydrogen-bond acceptors (Lipinski definition) is 4. The van der Waals surface area contributed by atoms with Gasteiger partial charge in [0.25, 0.3) is 0 Å². The molecule has 0 N–H and O–H groups in total. The Balaban J connectivity index is 2.14. The molecule has 3 rings (SSSR count). The first-order chi connectivity index (χ1) is 11.0. The van der Waals surface area contributed by atoms with E-state index in [-0.39, 0.29) is 25.0 Å². The van der Waals surface area contributed by atoms with Crippen LogP contribution in [0.5, 0.6) is 0 Å². The highest BCUT2D eigenvalue weighted by Crippen LogP contribution is 2.69. The molecule has 2 fully saturated rings.